The van der Waals surface area contributed by atoms with Gasteiger partial charge in [-0.1, -0.05) is 12.1 Å². The van der Waals surface area contributed by atoms with Gasteiger partial charge < -0.3 is 10.1 Å². The first-order chi connectivity index (χ1) is 6.43. The lowest BCUT2D eigenvalue weighted by molar-refractivity contribution is 0.200. The van der Waals surface area contributed by atoms with Gasteiger partial charge in [-0.25, -0.2) is 0 Å². The molecule has 1 heterocycles. The smallest absolute Gasteiger partial charge is 0.0587 e. The van der Waals surface area contributed by atoms with Crippen LogP contribution in [0.3, 0.4) is 0 Å². The second-order valence-corrected chi connectivity index (χ2v) is 3.59. The molecule has 13 heavy (non-hydrogen) atoms. The Labute approximate surface area is 83.2 Å². The molecule has 0 saturated carbocycles. The average Bonchev–Trinajstić information content (AvgIpc) is 2.63. The molecular weight excluding hydrogens is 182 g/mol. The number of hydrogen-bond donors (Lipinski definition) is 1. The second-order valence-electron chi connectivity index (χ2n) is 2.61. The first kappa shape index (κ1) is 10.4. The molecule has 1 rings (SSSR count). The van der Waals surface area contributed by atoms with Gasteiger partial charge in [0.25, 0.3) is 0 Å². The first-order valence-electron chi connectivity index (χ1n) is 4.33. The summed E-state index contributed by atoms with van der Waals surface area (Å²) in [4.78, 5) is 1.30. The van der Waals surface area contributed by atoms with Gasteiger partial charge in [-0.15, -0.1) is 11.3 Å². The van der Waals surface area contributed by atoms with Crippen LogP contribution in [-0.2, 0) is 4.74 Å². The summed E-state index contributed by atoms with van der Waals surface area (Å²) in [6.45, 7) is 2.58. The third-order valence-corrected chi connectivity index (χ3v) is 2.41. The van der Waals surface area contributed by atoms with Gasteiger partial charge in [0.2, 0.25) is 0 Å². The van der Waals surface area contributed by atoms with Gasteiger partial charge in [-0.3, -0.25) is 0 Å². The van der Waals surface area contributed by atoms with E-state index in [1.165, 1.54) is 4.88 Å². The van der Waals surface area contributed by atoms with E-state index in [2.05, 4.69) is 35.0 Å². The van der Waals surface area contributed by atoms with Gasteiger partial charge >= 0.3 is 0 Å². The van der Waals surface area contributed by atoms with Crippen molar-refractivity contribution in [1.29, 1.82) is 0 Å². The Kier molecular flexibility index (Phi) is 5.49. The summed E-state index contributed by atoms with van der Waals surface area (Å²) < 4.78 is 4.91. The summed E-state index contributed by atoms with van der Waals surface area (Å²) in [7, 11) is 1.71. The molecule has 0 aliphatic rings. The fourth-order valence-corrected chi connectivity index (χ4v) is 1.57. The van der Waals surface area contributed by atoms with Crippen LogP contribution in [0.1, 0.15) is 4.88 Å². The Morgan fingerprint density at radius 1 is 1.62 bits per heavy atom. The number of ether oxygens (including phenoxy) is 1. The fourth-order valence-electron chi connectivity index (χ4n) is 0.921. The van der Waals surface area contributed by atoms with E-state index in [1.54, 1.807) is 18.4 Å². The summed E-state index contributed by atoms with van der Waals surface area (Å²) in [5.41, 5.74) is 0. The lowest BCUT2D eigenvalue weighted by Crippen LogP contribution is -2.18. The van der Waals surface area contributed by atoms with Crippen LogP contribution in [0, 0.1) is 0 Å². The van der Waals surface area contributed by atoms with Gasteiger partial charge in [0, 0.05) is 25.1 Å². The van der Waals surface area contributed by atoms with E-state index in [0.29, 0.717) is 0 Å². The topological polar surface area (TPSA) is 21.3 Å². The van der Waals surface area contributed by atoms with Gasteiger partial charge in [0.05, 0.1) is 6.61 Å². The Morgan fingerprint density at radius 3 is 3.23 bits per heavy atom. The van der Waals surface area contributed by atoms with E-state index in [-0.39, 0.29) is 0 Å². The van der Waals surface area contributed by atoms with Gasteiger partial charge in [0.15, 0.2) is 0 Å². The van der Waals surface area contributed by atoms with Crippen molar-refractivity contribution in [2.45, 2.75) is 0 Å². The van der Waals surface area contributed by atoms with Crippen LogP contribution in [-0.4, -0.2) is 26.8 Å². The maximum atomic E-state index is 4.91. The molecule has 1 N–H and O–H groups in total. The standard InChI is InChI=1S/C10H15NOS/c1-12-8-7-11-6-2-4-10-5-3-9-13-10/h2-5,9,11H,6-8H2,1H3. The minimum absolute atomic E-state index is 0.771. The molecule has 0 bridgehead atoms. The first-order valence-corrected chi connectivity index (χ1v) is 5.21. The predicted molar refractivity (Wildman–Crippen MR) is 58.1 cm³/mol. The summed E-state index contributed by atoms with van der Waals surface area (Å²) in [6.07, 6.45) is 4.26. The maximum absolute atomic E-state index is 4.91. The molecule has 0 atom stereocenters. The lowest BCUT2D eigenvalue weighted by Gasteiger charge is -1.98. The molecule has 0 amide bonds. The highest BCUT2D eigenvalue weighted by atomic mass is 32.1. The largest absolute Gasteiger partial charge is 0.383 e. The molecule has 1 aromatic heterocycles. The normalized spacial score (nSPS) is 11.2. The molecule has 2 nitrogen and oxygen atoms in total. The zero-order valence-electron chi connectivity index (χ0n) is 7.82. The molecule has 0 unspecified atom stereocenters. The third kappa shape index (κ3) is 4.83. The molecule has 0 radical (unpaired) electrons. The molecule has 72 valence electrons. The van der Waals surface area contributed by atoms with Gasteiger partial charge in [-0.2, -0.15) is 0 Å². The van der Waals surface area contributed by atoms with Crippen molar-refractivity contribution in [3.8, 4) is 0 Å². The van der Waals surface area contributed by atoms with E-state index in [9.17, 15) is 0 Å². The van der Waals surface area contributed by atoms with E-state index in [4.69, 9.17) is 4.74 Å². The van der Waals surface area contributed by atoms with Crippen molar-refractivity contribution in [2.75, 3.05) is 26.8 Å². The third-order valence-electron chi connectivity index (χ3n) is 1.57. The van der Waals surface area contributed by atoms with E-state index >= 15 is 0 Å². The summed E-state index contributed by atoms with van der Waals surface area (Å²) in [5.74, 6) is 0. The van der Waals surface area contributed by atoms with Crippen molar-refractivity contribution in [1.82, 2.24) is 5.32 Å². The summed E-state index contributed by atoms with van der Waals surface area (Å²) >= 11 is 1.75. The zero-order chi connectivity index (χ0) is 9.36. The molecule has 0 aliphatic heterocycles. The summed E-state index contributed by atoms with van der Waals surface area (Å²) in [6, 6.07) is 4.17. The minimum atomic E-state index is 0.771. The van der Waals surface area contributed by atoms with Crippen molar-refractivity contribution < 1.29 is 4.74 Å². The lowest BCUT2D eigenvalue weighted by atomic mass is 10.4. The molecule has 0 aliphatic carbocycles. The van der Waals surface area contributed by atoms with Gasteiger partial charge in [0.1, 0.15) is 0 Å². The monoisotopic (exact) mass is 197 g/mol. The number of hydrogen-bond acceptors (Lipinski definition) is 3. The quantitative estimate of drug-likeness (QED) is 0.704. The SMILES string of the molecule is COCCNCC=Cc1cccs1. The van der Waals surface area contributed by atoms with Crippen LogP contribution in [0.25, 0.3) is 6.08 Å². The maximum Gasteiger partial charge on any atom is 0.0587 e. The number of methoxy groups -OCH3 is 1. The minimum Gasteiger partial charge on any atom is -0.383 e. The van der Waals surface area contributed by atoms with Crippen LogP contribution in [0.4, 0.5) is 0 Å². The number of nitrogens with one attached hydrogen (secondary N) is 1. The van der Waals surface area contributed by atoms with Crippen molar-refractivity contribution in [3.05, 3.63) is 28.5 Å². The average molecular weight is 197 g/mol. The Bertz CT molecular complexity index is 231. The molecule has 0 saturated heterocycles. The number of thiophene rings is 1. The van der Waals surface area contributed by atoms with Crippen LogP contribution in [0.5, 0.6) is 0 Å². The predicted octanol–water partition coefficient (Wildman–Crippen LogP) is 2.00. The van der Waals surface area contributed by atoms with Gasteiger partial charge in [-0.05, 0) is 17.5 Å². The molecular formula is C10H15NOS. The van der Waals surface area contributed by atoms with Crippen LogP contribution < -0.4 is 5.32 Å². The van der Waals surface area contributed by atoms with E-state index in [0.717, 1.165) is 19.7 Å². The molecule has 3 heteroatoms. The molecule has 0 spiro atoms. The van der Waals surface area contributed by atoms with Crippen LogP contribution >= 0.6 is 11.3 Å². The molecule has 1 aromatic rings. The highest BCUT2D eigenvalue weighted by Gasteiger charge is 1.85. The fraction of sp³-hybridized carbons (Fsp3) is 0.400. The van der Waals surface area contributed by atoms with Crippen LogP contribution in [0.2, 0.25) is 0 Å². The Balaban J connectivity index is 2.05. The van der Waals surface area contributed by atoms with Crippen molar-refractivity contribution >= 4 is 17.4 Å². The summed E-state index contributed by atoms with van der Waals surface area (Å²) in [5, 5.41) is 5.32. The second kappa shape index (κ2) is 6.83. The van der Waals surface area contributed by atoms with E-state index in [1.807, 2.05) is 0 Å². The molecule has 0 aromatic carbocycles. The zero-order valence-corrected chi connectivity index (χ0v) is 8.64. The highest BCUT2D eigenvalue weighted by Crippen LogP contribution is 2.09. The van der Waals surface area contributed by atoms with Crippen molar-refractivity contribution in [3.63, 3.8) is 0 Å². The number of rotatable bonds is 6. The van der Waals surface area contributed by atoms with Crippen molar-refractivity contribution in [2.24, 2.45) is 0 Å². The Morgan fingerprint density at radius 2 is 2.54 bits per heavy atom. The van der Waals surface area contributed by atoms with Crippen LogP contribution in [0.15, 0.2) is 23.6 Å². The highest BCUT2D eigenvalue weighted by molar-refractivity contribution is 7.10. The Hall–Kier alpha value is -0.640. The van der Waals surface area contributed by atoms with E-state index < -0.39 is 0 Å². The molecule has 0 fully saturated rings.